The maximum atomic E-state index is 11.8. The molecule has 1 fully saturated rings. The maximum absolute atomic E-state index is 11.8. The van der Waals surface area contributed by atoms with Crippen LogP contribution < -0.4 is 5.32 Å². The van der Waals surface area contributed by atoms with E-state index in [2.05, 4.69) is 15.5 Å². The van der Waals surface area contributed by atoms with E-state index in [1.807, 2.05) is 0 Å². The van der Waals surface area contributed by atoms with Crippen LogP contribution in [0, 0.1) is 0 Å². The van der Waals surface area contributed by atoms with E-state index in [1.165, 1.54) is 14.1 Å². The molecular formula is C11H18N4O3S. The third kappa shape index (κ3) is 3.54. The van der Waals surface area contributed by atoms with Gasteiger partial charge in [-0.2, -0.15) is 5.10 Å². The van der Waals surface area contributed by atoms with Crippen LogP contribution in [0.4, 0.5) is 0 Å². The predicted octanol–water partition coefficient (Wildman–Crippen LogP) is -0.0917. The van der Waals surface area contributed by atoms with Crippen LogP contribution in [0.3, 0.4) is 0 Å². The fourth-order valence-electron chi connectivity index (χ4n) is 1.62. The predicted molar refractivity (Wildman–Crippen MR) is 70.4 cm³/mol. The van der Waals surface area contributed by atoms with Crippen molar-refractivity contribution in [3.8, 4) is 0 Å². The van der Waals surface area contributed by atoms with E-state index in [9.17, 15) is 13.2 Å². The highest BCUT2D eigenvalue weighted by Gasteiger charge is 2.26. The van der Waals surface area contributed by atoms with Gasteiger partial charge in [0.15, 0.2) is 0 Å². The molecule has 1 amide bonds. The Morgan fingerprint density at radius 2 is 2.21 bits per heavy atom. The lowest BCUT2D eigenvalue weighted by atomic mass is 10.2. The van der Waals surface area contributed by atoms with E-state index in [-0.39, 0.29) is 18.2 Å². The molecule has 1 aliphatic carbocycles. The molecule has 0 bridgehead atoms. The normalized spacial score (nSPS) is 15.7. The molecule has 0 unspecified atom stereocenters. The van der Waals surface area contributed by atoms with Crippen molar-refractivity contribution >= 4 is 15.9 Å². The second-order valence-corrected chi connectivity index (χ2v) is 7.14. The summed E-state index contributed by atoms with van der Waals surface area (Å²) in [4.78, 5) is 11.8. The second-order valence-electron chi connectivity index (χ2n) is 4.84. The SMILES string of the molecule is CN(C)S(=O)(=O)CCNC(=O)c1cc(C2CC2)[nH]n1. The fourth-order valence-corrected chi connectivity index (χ4v) is 2.35. The average molecular weight is 286 g/mol. The van der Waals surface area contributed by atoms with Gasteiger partial charge in [-0.1, -0.05) is 0 Å². The minimum atomic E-state index is -3.28. The van der Waals surface area contributed by atoms with Crippen LogP contribution in [0.25, 0.3) is 0 Å². The van der Waals surface area contributed by atoms with E-state index < -0.39 is 10.0 Å². The van der Waals surface area contributed by atoms with Gasteiger partial charge >= 0.3 is 0 Å². The summed E-state index contributed by atoms with van der Waals surface area (Å²) in [5.74, 6) is 0.0336. The summed E-state index contributed by atoms with van der Waals surface area (Å²) >= 11 is 0. The molecule has 0 atom stereocenters. The van der Waals surface area contributed by atoms with Crippen molar-refractivity contribution in [3.63, 3.8) is 0 Å². The fraction of sp³-hybridized carbons (Fsp3) is 0.636. The number of hydrogen-bond acceptors (Lipinski definition) is 4. The van der Waals surface area contributed by atoms with Gasteiger partial charge in [0.1, 0.15) is 5.69 Å². The lowest BCUT2D eigenvalue weighted by Crippen LogP contribution is -2.34. The molecule has 1 aromatic heterocycles. The number of amides is 1. The molecule has 106 valence electrons. The molecule has 19 heavy (non-hydrogen) atoms. The summed E-state index contributed by atoms with van der Waals surface area (Å²) in [6.45, 7) is 0.0744. The van der Waals surface area contributed by atoms with E-state index >= 15 is 0 Å². The smallest absolute Gasteiger partial charge is 0.271 e. The number of carbonyl (C=O) groups is 1. The Kier molecular flexibility index (Phi) is 3.91. The Morgan fingerprint density at radius 3 is 2.79 bits per heavy atom. The van der Waals surface area contributed by atoms with Crippen LogP contribution >= 0.6 is 0 Å². The highest BCUT2D eigenvalue weighted by atomic mass is 32.2. The van der Waals surface area contributed by atoms with Crippen molar-refractivity contribution in [3.05, 3.63) is 17.5 Å². The average Bonchev–Trinajstić information content (AvgIpc) is 3.06. The minimum absolute atomic E-state index is 0.0744. The highest BCUT2D eigenvalue weighted by molar-refractivity contribution is 7.89. The third-order valence-corrected chi connectivity index (χ3v) is 4.88. The first kappa shape index (κ1) is 14.0. The van der Waals surface area contributed by atoms with Crippen molar-refractivity contribution in [2.24, 2.45) is 0 Å². The molecule has 1 aromatic rings. The van der Waals surface area contributed by atoms with Gasteiger partial charge in [-0.05, 0) is 18.9 Å². The zero-order valence-electron chi connectivity index (χ0n) is 11.0. The van der Waals surface area contributed by atoms with Crippen LogP contribution in [0.5, 0.6) is 0 Å². The zero-order chi connectivity index (χ0) is 14.0. The number of aromatic amines is 1. The number of aromatic nitrogens is 2. The number of nitrogens with zero attached hydrogens (tertiary/aromatic N) is 2. The number of hydrogen-bond donors (Lipinski definition) is 2. The van der Waals surface area contributed by atoms with Gasteiger partial charge < -0.3 is 5.32 Å². The van der Waals surface area contributed by atoms with Gasteiger partial charge in [-0.3, -0.25) is 9.89 Å². The van der Waals surface area contributed by atoms with Crippen molar-refractivity contribution in [2.75, 3.05) is 26.4 Å². The molecule has 2 N–H and O–H groups in total. The van der Waals surface area contributed by atoms with Gasteiger partial charge in [-0.25, -0.2) is 12.7 Å². The molecular weight excluding hydrogens is 268 g/mol. The molecule has 0 radical (unpaired) electrons. The Balaban J connectivity index is 1.84. The van der Waals surface area contributed by atoms with Crippen molar-refractivity contribution < 1.29 is 13.2 Å². The molecule has 0 spiro atoms. The van der Waals surface area contributed by atoms with Gasteiger partial charge in [-0.15, -0.1) is 0 Å². The summed E-state index contributed by atoms with van der Waals surface area (Å²) in [5.41, 5.74) is 1.29. The largest absolute Gasteiger partial charge is 0.350 e. The van der Waals surface area contributed by atoms with Crippen molar-refractivity contribution in [1.82, 2.24) is 19.8 Å². The van der Waals surface area contributed by atoms with Crippen LogP contribution in [-0.4, -0.2) is 55.2 Å². The van der Waals surface area contributed by atoms with Gasteiger partial charge in [0.05, 0.1) is 5.75 Å². The Bertz CT molecular complexity index is 560. The molecule has 2 rings (SSSR count). The van der Waals surface area contributed by atoms with E-state index in [0.717, 1.165) is 22.8 Å². The van der Waals surface area contributed by atoms with E-state index in [0.29, 0.717) is 11.6 Å². The van der Waals surface area contributed by atoms with Gasteiger partial charge in [0, 0.05) is 32.3 Å². The third-order valence-electron chi connectivity index (χ3n) is 3.05. The lowest BCUT2D eigenvalue weighted by molar-refractivity contribution is 0.0951. The topological polar surface area (TPSA) is 95.2 Å². The van der Waals surface area contributed by atoms with E-state index in [1.54, 1.807) is 6.07 Å². The van der Waals surface area contributed by atoms with Crippen LogP contribution in [0.2, 0.25) is 0 Å². The van der Waals surface area contributed by atoms with Crippen LogP contribution in [0.1, 0.15) is 34.9 Å². The number of sulfonamides is 1. The Hall–Kier alpha value is -1.41. The first-order valence-electron chi connectivity index (χ1n) is 6.14. The van der Waals surface area contributed by atoms with Crippen molar-refractivity contribution in [2.45, 2.75) is 18.8 Å². The zero-order valence-corrected chi connectivity index (χ0v) is 11.8. The summed E-state index contributed by atoms with van der Waals surface area (Å²) in [7, 11) is -0.354. The minimum Gasteiger partial charge on any atom is -0.350 e. The summed E-state index contributed by atoms with van der Waals surface area (Å²) in [6, 6.07) is 1.73. The molecule has 0 aliphatic heterocycles. The Labute approximate surface area is 112 Å². The van der Waals surface area contributed by atoms with Crippen LogP contribution in [-0.2, 0) is 10.0 Å². The van der Waals surface area contributed by atoms with Gasteiger partial charge in [0.25, 0.3) is 5.91 Å². The molecule has 0 aromatic carbocycles. The second kappa shape index (κ2) is 5.30. The standard InChI is InChI=1S/C11H18N4O3S/c1-15(2)19(17,18)6-5-12-11(16)10-7-9(13-14-10)8-3-4-8/h7-8H,3-6H2,1-2H3,(H,12,16)(H,13,14). The highest BCUT2D eigenvalue weighted by Crippen LogP contribution is 2.38. The monoisotopic (exact) mass is 286 g/mol. The van der Waals surface area contributed by atoms with Crippen LogP contribution in [0.15, 0.2) is 6.07 Å². The molecule has 1 heterocycles. The quantitative estimate of drug-likeness (QED) is 0.764. The molecule has 1 aliphatic rings. The molecule has 7 nitrogen and oxygen atoms in total. The summed E-state index contributed by atoms with van der Waals surface area (Å²) in [6.07, 6.45) is 2.26. The number of rotatable bonds is 6. The molecule has 1 saturated carbocycles. The molecule has 0 saturated heterocycles. The number of H-pyrrole nitrogens is 1. The molecule has 8 heteroatoms. The van der Waals surface area contributed by atoms with Gasteiger partial charge in [0.2, 0.25) is 10.0 Å². The number of nitrogens with one attached hydrogen (secondary N) is 2. The first-order valence-corrected chi connectivity index (χ1v) is 7.75. The number of carbonyl (C=O) groups excluding carboxylic acids is 1. The Morgan fingerprint density at radius 1 is 1.53 bits per heavy atom. The summed E-state index contributed by atoms with van der Waals surface area (Å²) < 4.78 is 24.1. The maximum Gasteiger partial charge on any atom is 0.271 e. The summed E-state index contributed by atoms with van der Waals surface area (Å²) in [5, 5.41) is 9.32. The van der Waals surface area contributed by atoms with E-state index in [4.69, 9.17) is 0 Å². The first-order chi connectivity index (χ1) is 8.90. The lowest BCUT2D eigenvalue weighted by Gasteiger charge is -2.11. The van der Waals surface area contributed by atoms with Crippen molar-refractivity contribution in [1.29, 1.82) is 0 Å².